The summed E-state index contributed by atoms with van der Waals surface area (Å²) < 4.78 is 6.50. The molecule has 0 spiro atoms. The van der Waals surface area contributed by atoms with Gasteiger partial charge in [-0.25, -0.2) is 0 Å². The predicted molar refractivity (Wildman–Crippen MR) is 111 cm³/mol. The normalized spacial score (nSPS) is 16.7. The highest BCUT2D eigenvalue weighted by molar-refractivity contribution is 9.11. The number of rotatable bonds is 6. The van der Waals surface area contributed by atoms with E-state index in [2.05, 4.69) is 26.1 Å². The van der Waals surface area contributed by atoms with E-state index in [9.17, 15) is 4.79 Å². The van der Waals surface area contributed by atoms with E-state index in [4.69, 9.17) is 16.3 Å². The van der Waals surface area contributed by atoms with Crippen molar-refractivity contribution in [1.82, 2.24) is 10.2 Å². The van der Waals surface area contributed by atoms with Gasteiger partial charge in [0.2, 0.25) is 5.91 Å². The number of nitrogens with zero attached hydrogens (tertiary/aromatic N) is 1. The molecule has 2 heterocycles. The van der Waals surface area contributed by atoms with Crippen molar-refractivity contribution in [1.29, 1.82) is 0 Å². The Kier molecular flexibility index (Phi) is 7.28. The van der Waals surface area contributed by atoms with Gasteiger partial charge in [0.1, 0.15) is 0 Å². The molecule has 1 atom stereocenters. The van der Waals surface area contributed by atoms with Gasteiger partial charge in [-0.15, -0.1) is 11.3 Å². The number of thiophene rings is 1. The fraction of sp³-hybridized carbons (Fsp3) is 0.316. The second-order valence-corrected chi connectivity index (χ2v) is 8.81. The molecule has 0 aliphatic carbocycles. The third-order valence-electron chi connectivity index (χ3n) is 4.21. The van der Waals surface area contributed by atoms with Crippen molar-refractivity contribution in [3.8, 4) is 0 Å². The summed E-state index contributed by atoms with van der Waals surface area (Å²) in [5, 5.41) is 3.73. The van der Waals surface area contributed by atoms with Gasteiger partial charge >= 0.3 is 0 Å². The van der Waals surface area contributed by atoms with E-state index in [1.807, 2.05) is 42.5 Å². The summed E-state index contributed by atoms with van der Waals surface area (Å²) in [4.78, 5) is 15.6. The van der Waals surface area contributed by atoms with E-state index in [0.717, 1.165) is 32.3 Å². The van der Waals surface area contributed by atoms with Crippen LogP contribution in [0.5, 0.6) is 0 Å². The van der Waals surface area contributed by atoms with E-state index < -0.39 is 0 Å². The van der Waals surface area contributed by atoms with Gasteiger partial charge in [0.05, 0.1) is 23.0 Å². The third-order valence-corrected chi connectivity index (χ3v) is 6.15. The Bertz CT molecular complexity index is 774. The van der Waals surface area contributed by atoms with Gasteiger partial charge in [-0.05, 0) is 45.8 Å². The zero-order valence-corrected chi connectivity index (χ0v) is 17.3. The minimum Gasteiger partial charge on any atom is -0.379 e. The molecule has 2 aromatic rings. The Morgan fingerprint density at radius 2 is 2.08 bits per heavy atom. The lowest BCUT2D eigenvalue weighted by molar-refractivity contribution is -0.116. The van der Waals surface area contributed by atoms with Crippen molar-refractivity contribution in [2.75, 3.05) is 32.8 Å². The van der Waals surface area contributed by atoms with Crippen molar-refractivity contribution in [2.24, 2.45) is 0 Å². The smallest absolute Gasteiger partial charge is 0.244 e. The van der Waals surface area contributed by atoms with Gasteiger partial charge < -0.3 is 10.1 Å². The first-order valence-electron chi connectivity index (χ1n) is 8.41. The molecule has 1 saturated heterocycles. The number of ether oxygens (including phenoxy) is 1. The number of benzene rings is 1. The summed E-state index contributed by atoms with van der Waals surface area (Å²) >= 11 is 11.4. The lowest BCUT2D eigenvalue weighted by Gasteiger charge is -2.35. The lowest BCUT2D eigenvalue weighted by atomic mass is 10.0. The summed E-state index contributed by atoms with van der Waals surface area (Å²) in [6.07, 6.45) is 3.39. The average molecular weight is 456 g/mol. The number of carbonyl (C=O) groups excluding carboxylic acids is 1. The molecule has 0 bridgehead atoms. The highest BCUT2D eigenvalue weighted by atomic mass is 79.9. The lowest BCUT2D eigenvalue weighted by Crippen LogP contribution is -2.43. The Morgan fingerprint density at radius 3 is 2.77 bits per heavy atom. The van der Waals surface area contributed by atoms with Crippen molar-refractivity contribution in [3.05, 3.63) is 61.7 Å². The average Bonchev–Trinajstić information content (AvgIpc) is 3.08. The summed E-state index contributed by atoms with van der Waals surface area (Å²) in [6, 6.07) is 11.8. The first-order valence-corrected chi connectivity index (χ1v) is 10.4. The molecule has 1 aromatic heterocycles. The second kappa shape index (κ2) is 9.67. The molecular formula is C19H20BrClN2O2S. The van der Waals surface area contributed by atoms with E-state index in [-0.39, 0.29) is 11.9 Å². The number of amides is 1. The van der Waals surface area contributed by atoms with Crippen LogP contribution >= 0.6 is 38.9 Å². The van der Waals surface area contributed by atoms with Gasteiger partial charge in [0.15, 0.2) is 0 Å². The predicted octanol–water partition coefficient (Wildman–Crippen LogP) is 4.37. The summed E-state index contributed by atoms with van der Waals surface area (Å²) in [5.41, 5.74) is 1.03. The maximum absolute atomic E-state index is 12.2. The molecule has 3 rings (SSSR count). The quantitative estimate of drug-likeness (QED) is 0.658. The Morgan fingerprint density at radius 1 is 1.31 bits per heavy atom. The van der Waals surface area contributed by atoms with E-state index >= 15 is 0 Å². The van der Waals surface area contributed by atoms with Gasteiger partial charge in [-0.3, -0.25) is 9.69 Å². The zero-order valence-electron chi connectivity index (χ0n) is 14.2. The van der Waals surface area contributed by atoms with Crippen LogP contribution in [0.2, 0.25) is 5.02 Å². The van der Waals surface area contributed by atoms with Gasteiger partial charge in [0.25, 0.3) is 0 Å². The summed E-state index contributed by atoms with van der Waals surface area (Å²) in [7, 11) is 0. The van der Waals surface area contributed by atoms with Crippen molar-refractivity contribution in [3.63, 3.8) is 0 Å². The van der Waals surface area contributed by atoms with Crippen LogP contribution in [0, 0.1) is 0 Å². The molecule has 1 aliphatic rings. The van der Waals surface area contributed by atoms with Crippen LogP contribution in [0.1, 0.15) is 16.5 Å². The first kappa shape index (κ1) is 19.6. The van der Waals surface area contributed by atoms with Gasteiger partial charge in [-0.2, -0.15) is 0 Å². The molecule has 1 aromatic carbocycles. The van der Waals surface area contributed by atoms with E-state index in [1.54, 1.807) is 17.4 Å². The molecule has 1 fully saturated rings. The number of nitrogens with one attached hydrogen (secondary N) is 1. The first-order chi connectivity index (χ1) is 12.6. The van der Waals surface area contributed by atoms with Crippen LogP contribution in [-0.2, 0) is 9.53 Å². The number of halogens is 2. The summed E-state index contributed by atoms with van der Waals surface area (Å²) in [5.74, 6) is -0.111. The van der Waals surface area contributed by atoms with Crippen LogP contribution in [0.25, 0.3) is 6.08 Å². The second-order valence-electron chi connectivity index (χ2n) is 5.91. The SMILES string of the molecule is O=C(/C=C/c1ccc(Br)s1)NCC(c1ccccc1Cl)N1CCOCC1. The fourth-order valence-corrected chi connectivity index (χ4v) is 4.49. The van der Waals surface area contributed by atoms with Gasteiger partial charge in [0, 0.05) is 35.6 Å². The third kappa shape index (κ3) is 5.41. The minimum atomic E-state index is -0.111. The maximum Gasteiger partial charge on any atom is 0.244 e. The van der Waals surface area contributed by atoms with Crippen molar-refractivity contribution < 1.29 is 9.53 Å². The summed E-state index contributed by atoms with van der Waals surface area (Å²) in [6.45, 7) is 3.54. The van der Waals surface area contributed by atoms with Crippen LogP contribution in [-0.4, -0.2) is 43.7 Å². The largest absolute Gasteiger partial charge is 0.379 e. The zero-order chi connectivity index (χ0) is 18.4. The molecule has 0 saturated carbocycles. The Balaban J connectivity index is 1.66. The van der Waals surface area contributed by atoms with E-state index in [1.165, 1.54) is 0 Å². The maximum atomic E-state index is 12.2. The van der Waals surface area contributed by atoms with Crippen molar-refractivity contribution in [2.45, 2.75) is 6.04 Å². The molecule has 1 unspecified atom stereocenters. The monoisotopic (exact) mass is 454 g/mol. The van der Waals surface area contributed by atoms with Crippen LogP contribution in [0.15, 0.2) is 46.3 Å². The standard InChI is InChI=1S/C19H20BrClN2O2S/c20-18-7-5-14(26-18)6-8-19(24)22-13-17(23-9-11-25-12-10-23)15-3-1-2-4-16(15)21/h1-8,17H,9-13H2,(H,22,24)/b8-6+. The van der Waals surface area contributed by atoms with Gasteiger partial charge in [-0.1, -0.05) is 29.8 Å². The highest BCUT2D eigenvalue weighted by Crippen LogP contribution is 2.28. The molecule has 1 amide bonds. The molecule has 7 heteroatoms. The molecule has 138 valence electrons. The van der Waals surface area contributed by atoms with E-state index in [0.29, 0.717) is 19.8 Å². The number of carbonyl (C=O) groups is 1. The molecule has 1 aliphatic heterocycles. The molecular weight excluding hydrogens is 436 g/mol. The number of hydrogen-bond donors (Lipinski definition) is 1. The molecule has 26 heavy (non-hydrogen) atoms. The fourth-order valence-electron chi connectivity index (χ4n) is 2.90. The van der Waals surface area contributed by atoms with Crippen LogP contribution < -0.4 is 5.32 Å². The topological polar surface area (TPSA) is 41.6 Å². The number of hydrogen-bond acceptors (Lipinski definition) is 4. The highest BCUT2D eigenvalue weighted by Gasteiger charge is 2.24. The molecule has 0 radical (unpaired) electrons. The van der Waals surface area contributed by atoms with Crippen LogP contribution in [0.3, 0.4) is 0 Å². The van der Waals surface area contributed by atoms with Crippen molar-refractivity contribution >= 4 is 50.9 Å². The Labute approximate surface area is 170 Å². The Hall–Kier alpha value is -1.18. The molecule has 1 N–H and O–H groups in total. The minimum absolute atomic E-state index is 0.0285. The number of morpholine rings is 1. The van der Waals surface area contributed by atoms with Crippen LogP contribution in [0.4, 0.5) is 0 Å². The molecule has 4 nitrogen and oxygen atoms in total.